The summed E-state index contributed by atoms with van der Waals surface area (Å²) in [7, 11) is 5.05. The van der Waals surface area contributed by atoms with Gasteiger partial charge in [-0.25, -0.2) is 28.5 Å². The van der Waals surface area contributed by atoms with Crippen LogP contribution in [0.15, 0.2) is 79.9 Å². The predicted octanol–water partition coefficient (Wildman–Crippen LogP) is 10.5. The van der Waals surface area contributed by atoms with Crippen molar-refractivity contribution in [1.82, 2.24) is 78.6 Å². The summed E-state index contributed by atoms with van der Waals surface area (Å²) < 4.78 is 30.9. The van der Waals surface area contributed by atoms with Crippen LogP contribution in [0.4, 0.5) is 17.8 Å². The minimum Gasteiger partial charge on any atom is -0.393 e. The van der Waals surface area contributed by atoms with Gasteiger partial charge in [-0.1, -0.05) is 25.7 Å². The highest BCUT2D eigenvalue weighted by molar-refractivity contribution is 5.89. The molecule has 10 heterocycles. The number of hydrogen-bond acceptors (Lipinski definition) is 21. The second-order valence-corrected chi connectivity index (χ2v) is 31.9. The zero-order chi connectivity index (χ0) is 75.2. The van der Waals surface area contributed by atoms with Crippen LogP contribution in [0.2, 0.25) is 0 Å². The maximum atomic E-state index is 13.4. The zero-order valence-electron chi connectivity index (χ0n) is 64.2. The zero-order valence-corrected chi connectivity index (χ0v) is 64.2. The highest BCUT2D eigenvalue weighted by atomic mass is 16.5. The maximum Gasteiger partial charge on any atom is 0.250 e. The lowest BCUT2D eigenvalue weighted by Crippen LogP contribution is -2.47. The number of fused-ring (bicyclic) bond motifs is 3. The van der Waals surface area contributed by atoms with Crippen LogP contribution in [0.5, 0.6) is 0 Å². The molecule has 6 saturated carbocycles. The Labute approximate surface area is 631 Å². The minimum atomic E-state index is -0.592. The molecular weight excluding hydrogens is 1370 g/mol. The van der Waals surface area contributed by atoms with Gasteiger partial charge in [0.2, 0.25) is 23.8 Å². The van der Waals surface area contributed by atoms with Crippen LogP contribution in [0.3, 0.4) is 0 Å². The summed E-state index contributed by atoms with van der Waals surface area (Å²) in [5, 5.41) is 67.1. The molecule has 1 saturated heterocycles. The van der Waals surface area contributed by atoms with Crippen LogP contribution in [0, 0.1) is 5.92 Å². The van der Waals surface area contributed by atoms with E-state index in [2.05, 4.69) is 93.2 Å². The first-order valence-corrected chi connectivity index (χ1v) is 39.6. The molecule has 3 atom stereocenters. The number of rotatable bonds is 25. The summed E-state index contributed by atoms with van der Waals surface area (Å²) in [6, 6.07) is 11.4. The molecule has 0 bridgehead atoms. The van der Waals surface area contributed by atoms with Gasteiger partial charge in [0.25, 0.3) is 5.91 Å². The van der Waals surface area contributed by atoms with Crippen molar-refractivity contribution >= 4 is 46.2 Å². The summed E-state index contributed by atoms with van der Waals surface area (Å²) in [5.74, 6) is 3.61. The van der Waals surface area contributed by atoms with Crippen molar-refractivity contribution in [2.75, 3.05) is 83.4 Å². The lowest BCUT2D eigenvalue weighted by Gasteiger charge is -2.30. The molecule has 1 aliphatic heterocycles. The van der Waals surface area contributed by atoms with Gasteiger partial charge >= 0.3 is 0 Å². The lowest BCUT2D eigenvalue weighted by atomic mass is 9.85. The van der Waals surface area contributed by atoms with Gasteiger partial charge in [0.1, 0.15) is 11.1 Å². The van der Waals surface area contributed by atoms with Crippen LogP contribution in [-0.2, 0) is 46.0 Å². The number of morpholine rings is 1. The monoisotopic (exact) mass is 1480 g/mol. The first-order chi connectivity index (χ1) is 52.4. The van der Waals surface area contributed by atoms with Crippen molar-refractivity contribution in [3.05, 3.63) is 103 Å². The van der Waals surface area contributed by atoms with E-state index in [-0.39, 0.29) is 54.3 Å². The van der Waals surface area contributed by atoms with Gasteiger partial charge in [-0.2, -0.15) is 10.2 Å². The van der Waals surface area contributed by atoms with E-state index in [1.54, 1.807) is 21.3 Å². The molecule has 0 unspecified atom stereocenters. The van der Waals surface area contributed by atoms with E-state index in [9.17, 15) is 24.9 Å². The maximum absolute atomic E-state index is 13.4. The fourth-order valence-electron chi connectivity index (χ4n) is 16.9. The van der Waals surface area contributed by atoms with Crippen molar-refractivity contribution in [1.29, 1.82) is 0 Å². The quantitative estimate of drug-likeness (QED) is 0.0280. The molecule has 9 aromatic rings. The van der Waals surface area contributed by atoms with Crippen molar-refractivity contribution in [2.45, 2.75) is 241 Å². The topological polar surface area (TPSA) is 322 Å². The number of hydrogen-bond donors (Lipinski definition) is 7. The second-order valence-electron chi connectivity index (χ2n) is 31.9. The third-order valence-corrected chi connectivity index (χ3v) is 23.1. The highest BCUT2D eigenvalue weighted by Gasteiger charge is 2.55. The number of aliphatic hydroxyl groups is 3. The summed E-state index contributed by atoms with van der Waals surface area (Å²) in [4.78, 5) is 46.7. The van der Waals surface area contributed by atoms with Crippen LogP contribution < -0.4 is 21.3 Å². The molecule has 7 fully saturated rings. The molecule has 7 N–H and O–H groups in total. The fraction of sp³-hybridized carbons (Fsp3) is 0.613. The summed E-state index contributed by atoms with van der Waals surface area (Å²) in [6.45, 7) is 14.2. The van der Waals surface area contributed by atoms with Gasteiger partial charge < -0.3 is 60.4 Å². The summed E-state index contributed by atoms with van der Waals surface area (Å²) in [5.41, 5.74) is 12.5. The van der Waals surface area contributed by atoms with E-state index in [1.165, 1.54) is 42.6 Å². The number of carbonyl (C=O) groups is 2. The number of nitrogens with one attached hydrogen (secondary N) is 4. The van der Waals surface area contributed by atoms with Gasteiger partial charge in [0.15, 0.2) is 0 Å². The van der Waals surface area contributed by atoms with Crippen LogP contribution in [0.25, 0.3) is 49.9 Å². The number of carbonyl (C=O) groups excluding carboxylic acids is 2. The van der Waals surface area contributed by atoms with Crippen molar-refractivity contribution in [3.8, 4) is 33.4 Å². The van der Waals surface area contributed by atoms with Crippen molar-refractivity contribution < 1.29 is 43.9 Å². The molecule has 7 aliphatic rings. The number of nitrogens with zero attached hydrogens (tertiary/aromatic N) is 15. The Balaban J connectivity index is 0.000000136. The normalized spacial score (nSPS) is 22.8. The molecule has 580 valence electrons. The van der Waals surface area contributed by atoms with E-state index >= 15 is 0 Å². The Morgan fingerprint density at radius 1 is 0.519 bits per heavy atom. The second kappa shape index (κ2) is 33.8. The van der Waals surface area contributed by atoms with Crippen LogP contribution in [-0.4, -0.2) is 210 Å². The molecule has 16 rings (SSSR count). The summed E-state index contributed by atoms with van der Waals surface area (Å²) in [6.07, 6.45) is 34.7. The number of amides is 2. The van der Waals surface area contributed by atoms with E-state index in [0.29, 0.717) is 81.7 Å². The average molecular weight is 1480 g/mol. The third-order valence-electron chi connectivity index (χ3n) is 23.1. The molecule has 0 radical (unpaired) electrons. The Morgan fingerprint density at radius 3 is 1.31 bits per heavy atom. The van der Waals surface area contributed by atoms with Gasteiger partial charge in [0.05, 0.1) is 98.9 Å². The Morgan fingerprint density at radius 2 is 0.917 bits per heavy atom. The third kappa shape index (κ3) is 17.1. The van der Waals surface area contributed by atoms with E-state index in [1.807, 2.05) is 101 Å². The molecule has 0 aromatic carbocycles. The molecule has 0 spiro atoms. The van der Waals surface area contributed by atoms with Crippen molar-refractivity contribution in [3.63, 3.8) is 0 Å². The first kappa shape index (κ1) is 76.3. The Hall–Kier alpha value is -8.51. The molecule has 28 nitrogen and oxygen atoms in total. The van der Waals surface area contributed by atoms with Gasteiger partial charge in [-0.3, -0.25) is 23.9 Å². The molecule has 6 aliphatic carbocycles. The number of pyridine rings is 1. The molecule has 108 heavy (non-hydrogen) atoms. The smallest absolute Gasteiger partial charge is 0.250 e. The average Bonchev–Trinajstić information content (AvgIpc) is 1.59. The predicted molar refractivity (Wildman–Crippen MR) is 412 cm³/mol. The van der Waals surface area contributed by atoms with Gasteiger partial charge in [-0.05, 0) is 186 Å². The number of aliphatic hydroxyl groups excluding tert-OH is 3. The first-order valence-electron chi connectivity index (χ1n) is 39.6. The molecule has 28 heteroatoms. The largest absolute Gasteiger partial charge is 0.393 e. The van der Waals surface area contributed by atoms with E-state index in [0.717, 1.165) is 171 Å². The summed E-state index contributed by atoms with van der Waals surface area (Å²) >= 11 is 0. The SMILES string of the molecule is COC[C@H](C)Nc1ncc2c(-c3ccnc(CC4CCCC4)c3)cc(C3CCC(O)CC3)n2n1.COC[C@H](C)Nc1ncc2c(-c3cnn(C4(C(=O)N5CCOCC5)CC4)c3)cc(C3CCC(O)CC3)n2n1.COC[C@H](C)Nc1ncc2c(-c3cnn(C4(C(=O)NC(C)C)CC4)c3)cc(C3CCC(O)CC3)n2n1. The molecule has 2 amide bonds. The standard InChI is InChI=1S/C27H37N7O4.C27H37N5O2.C26H37N7O3/c1-18(17-37-2)30-26-28-15-24-22(13-23(34(24)31-26)19-3-5-21(35)6-4-19)20-14-29-33(16-20)27(7-8-27)25(36)32-9-11-38-12-10-32;1-18(17-34-2)30-27-29-16-26-24(15-25(32(26)31-27)20-7-9-23(33)10-8-20)21-11-12-28-22(14-21)13-19-5-3-4-6-19;1-16(2)29-24(35)26(9-10-26)32-14-19(12-28-32)21-11-22(18-5-7-20(34)8-6-18)33-23(21)13-27-25(31-33)30-17(3)15-36-4/h13-16,18-19,21,35H,3-12,17H2,1-2H3,(H,30,31);11-12,14-16,18-20,23,33H,3-10,13,17H2,1-2H3,(H,30,31);11-14,16-18,20,34H,5-10,15H2,1-4H3,(H,29,35)(H,30,31)/t18-,19?,21?;18-,20?,23?;17-,18?,20?/m000/s1. The van der Waals surface area contributed by atoms with Crippen LogP contribution in [0.1, 0.15) is 204 Å². The van der Waals surface area contributed by atoms with Gasteiger partial charge in [0, 0.05) is 146 Å². The van der Waals surface area contributed by atoms with Crippen molar-refractivity contribution in [2.24, 2.45) is 5.92 Å². The van der Waals surface area contributed by atoms with Gasteiger partial charge in [-0.15, -0.1) is 15.3 Å². The van der Waals surface area contributed by atoms with E-state index < -0.39 is 11.1 Å². The lowest BCUT2D eigenvalue weighted by molar-refractivity contribution is -0.140. The molecular formula is C80H111N19O9. The number of aromatic nitrogens is 14. The van der Waals surface area contributed by atoms with Crippen LogP contribution >= 0.6 is 0 Å². The number of methoxy groups -OCH3 is 3. The number of ether oxygens (including phenoxy) is 4. The Kier molecular flexibility index (Phi) is 23.8. The fourth-order valence-corrected chi connectivity index (χ4v) is 16.9. The minimum absolute atomic E-state index is 0.0274. The Bertz CT molecular complexity index is 4500. The number of anilines is 3. The highest BCUT2D eigenvalue weighted by Crippen LogP contribution is 2.48. The van der Waals surface area contributed by atoms with E-state index in [4.69, 9.17) is 34.2 Å². The molecule has 9 aromatic heterocycles.